The van der Waals surface area contributed by atoms with Crippen LogP contribution in [0.15, 0.2) is 67.0 Å². The van der Waals surface area contributed by atoms with Crippen LogP contribution in [0.4, 0.5) is 15.9 Å². The molecule has 0 amide bonds. The zero-order valence-corrected chi connectivity index (χ0v) is 13.5. The average Bonchev–Trinajstić information content (AvgIpc) is 3.02. The Morgan fingerprint density at radius 1 is 1.04 bits per heavy atom. The molecule has 0 saturated carbocycles. The van der Waals surface area contributed by atoms with Gasteiger partial charge in [0.05, 0.1) is 19.0 Å². The van der Waals surface area contributed by atoms with E-state index in [9.17, 15) is 4.39 Å². The molecule has 0 unspecified atom stereocenters. The molecule has 4 rings (SSSR count). The molecule has 3 heterocycles. The first-order valence-corrected chi connectivity index (χ1v) is 7.75. The van der Waals surface area contributed by atoms with Crippen molar-refractivity contribution in [2.75, 3.05) is 12.4 Å². The van der Waals surface area contributed by atoms with Gasteiger partial charge in [0.15, 0.2) is 0 Å². The molecule has 0 atom stereocenters. The largest absolute Gasteiger partial charge is 0.495 e. The summed E-state index contributed by atoms with van der Waals surface area (Å²) in [5, 5.41) is 3.31. The van der Waals surface area contributed by atoms with Crippen LogP contribution in [0.25, 0.3) is 17.0 Å². The third-order valence-electron chi connectivity index (χ3n) is 3.84. The third kappa shape index (κ3) is 2.89. The van der Waals surface area contributed by atoms with Crippen LogP contribution in [0.3, 0.4) is 0 Å². The summed E-state index contributed by atoms with van der Waals surface area (Å²) in [7, 11) is 1.62. The van der Waals surface area contributed by atoms with Gasteiger partial charge >= 0.3 is 0 Å². The molecule has 124 valence electrons. The lowest BCUT2D eigenvalue weighted by molar-refractivity contribution is 0.412. The minimum Gasteiger partial charge on any atom is -0.495 e. The first kappa shape index (κ1) is 15.1. The molecule has 0 saturated heterocycles. The summed E-state index contributed by atoms with van der Waals surface area (Å²) in [6.07, 6.45) is 3.57. The molecule has 0 spiro atoms. The number of anilines is 2. The number of fused-ring (bicyclic) bond motifs is 1. The monoisotopic (exact) mass is 334 g/mol. The molecular formula is C19H15FN4O. The summed E-state index contributed by atoms with van der Waals surface area (Å²) in [6, 6.07) is 15.6. The highest BCUT2D eigenvalue weighted by Gasteiger charge is 2.16. The molecule has 25 heavy (non-hydrogen) atoms. The number of hydrogen-bond acceptors (Lipinski definition) is 4. The van der Waals surface area contributed by atoms with E-state index >= 15 is 0 Å². The summed E-state index contributed by atoms with van der Waals surface area (Å²) in [6.45, 7) is 0. The fraction of sp³-hybridized carbons (Fsp3) is 0.0526. The molecule has 3 aromatic heterocycles. The van der Waals surface area contributed by atoms with Crippen LogP contribution in [-0.4, -0.2) is 21.5 Å². The second-order valence-electron chi connectivity index (χ2n) is 5.45. The van der Waals surface area contributed by atoms with Crippen molar-refractivity contribution in [1.29, 1.82) is 0 Å². The molecule has 4 aromatic rings. The van der Waals surface area contributed by atoms with Gasteiger partial charge < -0.3 is 10.1 Å². The van der Waals surface area contributed by atoms with Gasteiger partial charge in [0.1, 0.15) is 28.7 Å². The smallest absolute Gasteiger partial charge is 0.145 e. The maximum absolute atomic E-state index is 13.2. The molecule has 0 aliphatic heterocycles. The number of rotatable bonds is 4. The van der Waals surface area contributed by atoms with Crippen LogP contribution in [0.5, 0.6) is 5.75 Å². The van der Waals surface area contributed by atoms with Crippen LogP contribution in [0.2, 0.25) is 0 Å². The summed E-state index contributed by atoms with van der Waals surface area (Å²) < 4.78 is 20.4. The molecule has 0 aliphatic rings. The van der Waals surface area contributed by atoms with E-state index in [1.807, 2.05) is 40.9 Å². The van der Waals surface area contributed by atoms with E-state index in [-0.39, 0.29) is 5.82 Å². The fourth-order valence-corrected chi connectivity index (χ4v) is 2.62. The summed E-state index contributed by atoms with van der Waals surface area (Å²) >= 11 is 0. The SMILES string of the molecule is COc1ccc2nc(-c3ccccn3)c(Nc3ccc(F)cc3)n2c1. The second kappa shape index (κ2) is 6.24. The quantitative estimate of drug-likeness (QED) is 0.605. The number of nitrogens with one attached hydrogen (secondary N) is 1. The number of nitrogens with zero attached hydrogens (tertiary/aromatic N) is 3. The van der Waals surface area contributed by atoms with Crippen LogP contribution < -0.4 is 10.1 Å². The number of imidazole rings is 1. The molecule has 0 fully saturated rings. The minimum absolute atomic E-state index is 0.282. The predicted octanol–water partition coefficient (Wildman–Crippen LogP) is 4.29. The third-order valence-corrected chi connectivity index (χ3v) is 3.84. The van der Waals surface area contributed by atoms with Gasteiger partial charge in [-0.05, 0) is 48.5 Å². The van der Waals surface area contributed by atoms with Gasteiger partial charge in [-0.2, -0.15) is 0 Å². The van der Waals surface area contributed by atoms with Gasteiger partial charge in [0.2, 0.25) is 0 Å². The Balaban J connectivity index is 1.89. The molecule has 6 heteroatoms. The summed E-state index contributed by atoms with van der Waals surface area (Å²) in [5.41, 5.74) is 2.96. The van der Waals surface area contributed by atoms with Crippen molar-refractivity contribution in [3.8, 4) is 17.1 Å². The van der Waals surface area contributed by atoms with Gasteiger partial charge in [0, 0.05) is 11.9 Å². The normalized spacial score (nSPS) is 10.8. The van der Waals surface area contributed by atoms with E-state index in [1.54, 1.807) is 25.4 Å². The number of ether oxygens (including phenoxy) is 1. The van der Waals surface area contributed by atoms with Crippen molar-refractivity contribution < 1.29 is 9.13 Å². The minimum atomic E-state index is -0.282. The molecule has 0 radical (unpaired) electrons. The lowest BCUT2D eigenvalue weighted by Crippen LogP contribution is -1.98. The highest BCUT2D eigenvalue weighted by Crippen LogP contribution is 2.31. The van der Waals surface area contributed by atoms with Gasteiger partial charge in [-0.1, -0.05) is 6.07 Å². The van der Waals surface area contributed by atoms with E-state index in [2.05, 4.69) is 15.3 Å². The number of hydrogen-bond donors (Lipinski definition) is 1. The van der Waals surface area contributed by atoms with Crippen LogP contribution in [0.1, 0.15) is 0 Å². The fourth-order valence-electron chi connectivity index (χ4n) is 2.62. The highest BCUT2D eigenvalue weighted by atomic mass is 19.1. The first-order valence-electron chi connectivity index (χ1n) is 7.75. The Labute approximate surface area is 143 Å². The van der Waals surface area contributed by atoms with Crippen molar-refractivity contribution in [2.24, 2.45) is 0 Å². The lowest BCUT2D eigenvalue weighted by atomic mass is 10.2. The maximum atomic E-state index is 13.2. The van der Waals surface area contributed by atoms with Crippen molar-refractivity contribution in [1.82, 2.24) is 14.4 Å². The van der Waals surface area contributed by atoms with Crippen LogP contribution in [-0.2, 0) is 0 Å². The van der Waals surface area contributed by atoms with Gasteiger partial charge in [0.25, 0.3) is 0 Å². The standard InChI is InChI=1S/C19H15FN4O/c1-25-15-9-10-17-23-18(16-4-2-3-11-21-16)19(24(17)12-15)22-14-7-5-13(20)6-8-14/h2-12,22H,1H3. The molecule has 5 nitrogen and oxygen atoms in total. The van der Waals surface area contributed by atoms with Crippen LogP contribution in [0, 0.1) is 5.82 Å². The van der Waals surface area contributed by atoms with E-state index < -0.39 is 0 Å². The Morgan fingerprint density at radius 2 is 1.88 bits per heavy atom. The van der Waals surface area contributed by atoms with E-state index in [0.29, 0.717) is 11.4 Å². The van der Waals surface area contributed by atoms with E-state index in [1.165, 1.54) is 12.1 Å². The zero-order chi connectivity index (χ0) is 17.2. The molecule has 0 aliphatic carbocycles. The number of halogens is 1. The van der Waals surface area contributed by atoms with Crippen molar-refractivity contribution in [2.45, 2.75) is 0 Å². The molecular weight excluding hydrogens is 319 g/mol. The predicted molar refractivity (Wildman–Crippen MR) is 94.7 cm³/mol. The molecule has 1 N–H and O–H groups in total. The number of benzene rings is 1. The van der Waals surface area contributed by atoms with Crippen molar-refractivity contribution in [3.63, 3.8) is 0 Å². The number of aromatic nitrogens is 3. The highest BCUT2D eigenvalue weighted by molar-refractivity contribution is 5.78. The van der Waals surface area contributed by atoms with Crippen molar-refractivity contribution >= 4 is 17.2 Å². The molecule has 0 bridgehead atoms. The van der Waals surface area contributed by atoms with Crippen molar-refractivity contribution in [3.05, 3.63) is 72.8 Å². The topological polar surface area (TPSA) is 51.5 Å². The number of methoxy groups -OCH3 is 1. The lowest BCUT2D eigenvalue weighted by Gasteiger charge is -2.09. The second-order valence-corrected chi connectivity index (χ2v) is 5.45. The van der Waals surface area contributed by atoms with E-state index in [4.69, 9.17) is 4.74 Å². The Morgan fingerprint density at radius 3 is 2.60 bits per heavy atom. The summed E-state index contributed by atoms with van der Waals surface area (Å²) in [4.78, 5) is 9.08. The average molecular weight is 334 g/mol. The Kier molecular flexibility index (Phi) is 3.78. The van der Waals surface area contributed by atoms with Gasteiger partial charge in [-0.15, -0.1) is 0 Å². The Hall–Kier alpha value is -3.41. The van der Waals surface area contributed by atoms with Gasteiger partial charge in [-0.3, -0.25) is 9.38 Å². The summed E-state index contributed by atoms with van der Waals surface area (Å²) in [5.74, 6) is 1.16. The first-order chi connectivity index (χ1) is 12.2. The number of pyridine rings is 2. The van der Waals surface area contributed by atoms with Crippen LogP contribution >= 0.6 is 0 Å². The molecule has 1 aromatic carbocycles. The van der Waals surface area contributed by atoms with Gasteiger partial charge in [-0.25, -0.2) is 9.37 Å². The van der Waals surface area contributed by atoms with E-state index in [0.717, 1.165) is 22.8 Å². The maximum Gasteiger partial charge on any atom is 0.145 e. The zero-order valence-electron chi connectivity index (χ0n) is 13.5. The Bertz CT molecular complexity index is 1010.